The highest BCUT2D eigenvalue weighted by atomic mass is 32.2. The standard InChI is InChI=1S/C17H19FO6S/c1-4-24-9-12(14(19)10-5-6-10)15(20)11-7-8-13(18)16(23-2)17(11)25(3,21)22/h7-10H,4-6H2,1-3H3/b12-9-. The molecule has 0 radical (unpaired) electrons. The highest BCUT2D eigenvalue weighted by Crippen LogP contribution is 2.36. The summed E-state index contributed by atoms with van der Waals surface area (Å²) in [6, 6.07) is 1.97. The lowest BCUT2D eigenvalue weighted by atomic mass is 9.98. The van der Waals surface area contributed by atoms with Crippen LogP contribution in [0, 0.1) is 11.7 Å². The molecule has 0 aliphatic heterocycles. The van der Waals surface area contributed by atoms with Crippen LogP contribution in [0.1, 0.15) is 30.1 Å². The zero-order valence-electron chi connectivity index (χ0n) is 14.2. The summed E-state index contributed by atoms with van der Waals surface area (Å²) in [7, 11) is -2.89. The summed E-state index contributed by atoms with van der Waals surface area (Å²) in [6.07, 6.45) is 3.23. The Hall–Kier alpha value is -2.22. The van der Waals surface area contributed by atoms with Crippen molar-refractivity contribution in [2.24, 2.45) is 5.92 Å². The summed E-state index contributed by atoms with van der Waals surface area (Å²) >= 11 is 0. The summed E-state index contributed by atoms with van der Waals surface area (Å²) < 4.78 is 48.1. The molecule has 1 saturated carbocycles. The first-order valence-electron chi connectivity index (χ1n) is 7.69. The molecule has 1 aromatic carbocycles. The molecular weight excluding hydrogens is 351 g/mol. The van der Waals surface area contributed by atoms with Crippen LogP contribution in [0.15, 0.2) is 28.9 Å². The Labute approximate surface area is 145 Å². The number of hydrogen-bond donors (Lipinski definition) is 0. The second-order valence-electron chi connectivity index (χ2n) is 5.68. The Bertz CT molecular complexity index is 837. The maximum absolute atomic E-state index is 13.9. The van der Waals surface area contributed by atoms with E-state index in [0.717, 1.165) is 31.8 Å². The zero-order chi connectivity index (χ0) is 18.8. The van der Waals surface area contributed by atoms with Gasteiger partial charge in [0.05, 0.1) is 20.0 Å². The molecule has 0 saturated heterocycles. The van der Waals surface area contributed by atoms with Gasteiger partial charge in [-0.1, -0.05) is 0 Å². The van der Waals surface area contributed by atoms with Gasteiger partial charge in [-0.15, -0.1) is 0 Å². The highest BCUT2D eigenvalue weighted by molar-refractivity contribution is 7.91. The van der Waals surface area contributed by atoms with Gasteiger partial charge in [-0.05, 0) is 31.9 Å². The molecule has 0 aromatic heterocycles. The number of Topliss-reactive ketones (excluding diaryl/α,β-unsaturated/α-hetero) is 2. The van der Waals surface area contributed by atoms with Gasteiger partial charge in [-0.25, -0.2) is 12.8 Å². The number of ether oxygens (including phenoxy) is 2. The van der Waals surface area contributed by atoms with E-state index >= 15 is 0 Å². The quantitative estimate of drug-likeness (QED) is 0.229. The maximum atomic E-state index is 13.9. The van der Waals surface area contributed by atoms with Crippen molar-refractivity contribution in [3.05, 3.63) is 35.3 Å². The molecule has 1 aliphatic rings. The normalized spacial score (nSPS) is 15.0. The predicted octanol–water partition coefficient (Wildman–Crippen LogP) is 2.32. The molecule has 0 spiro atoms. The Balaban J connectivity index is 2.62. The largest absolute Gasteiger partial charge is 0.501 e. The Morgan fingerprint density at radius 1 is 1.32 bits per heavy atom. The van der Waals surface area contributed by atoms with Crippen molar-refractivity contribution in [1.82, 2.24) is 0 Å². The number of hydrogen-bond acceptors (Lipinski definition) is 6. The Morgan fingerprint density at radius 2 is 1.96 bits per heavy atom. The average molecular weight is 370 g/mol. The van der Waals surface area contributed by atoms with E-state index in [1.165, 1.54) is 0 Å². The molecule has 25 heavy (non-hydrogen) atoms. The molecular formula is C17H19FO6S. The van der Waals surface area contributed by atoms with E-state index in [9.17, 15) is 22.4 Å². The van der Waals surface area contributed by atoms with E-state index in [1.54, 1.807) is 6.92 Å². The minimum absolute atomic E-state index is 0.237. The van der Waals surface area contributed by atoms with Crippen LogP contribution in [-0.4, -0.2) is 40.0 Å². The van der Waals surface area contributed by atoms with Crippen molar-refractivity contribution >= 4 is 21.4 Å². The topological polar surface area (TPSA) is 86.7 Å². The Morgan fingerprint density at radius 3 is 2.44 bits per heavy atom. The van der Waals surface area contributed by atoms with Crippen molar-refractivity contribution in [2.45, 2.75) is 24.7 Å². The van der Waals surface area contributed by atoms with E-state index in [2.05, 4.69) is 0 Å². The number of methoxy groups -OCH3 is 1. The molecule has 0 atom stereocenters. The third-order valence-electron chi connectivity index (χ3n) is 3.71. The molecule has 0 heterocycles. The Kier molecular flexibility index (Phi) is 5.62. The third-order valence-corrected chi connectivity index (χ3v) is 4.86. The highest BCUT2D eigenvalue weighted by Gasteiger charge is 2.37. The van der Waals surface area contributed by atoms with Gasteiger partial charge in [-0.3, -0.25) is 9.59 Å². The zero-order valence-corrected chi connectivity index (χ0v) is 15.0. The van der Waals surface area contributed by atoms with Crippen LogP contribution in [-0.2, 0) is 19.4 Å². The van der Waals surface area contributed by atoms with Crippen LogP contribution in [0.2, 0.25) is 0 Å². The van der Waals surface area contributed by atoms with E-state index < -0.39 is 37.9 Å². The number of carbonyl (C=O) groups excluding carboxylic acids is 2. The minimum atomic E-state index is -3.99. The van der Waals surface area contributed by atoms with E-state index in [-0.39, 0.29) is 23.7 Å². The lowest BCUT2D eigenvalue weighted by Gasteiger charge is -2.13. The number of rotatable bonds is 8. The van der Waals surface area contributed by atoms with Gasteiger partial charge < -0.3 is 9.47 Å². The first-order chi connectivity index (χ1) is 11.7. The van der Waals surface area contributed by atoms with Crippen LogP contribution >= 0.6 is 0 Å². The first-order valence-corrected chi connectivity index (χ1v) is 9.58. The van der Waals surface area contributed by atoms with Crippen molar-refractivity contribution < 1.29 is 31.9 Å². The summed E-state index contributed by atoms with van der Waals surface area (Å²) in [5.41, 5.74) is -0.566. The van der Waals surface area contributed by atoms with Gasteiger partial charge >= 0.3 is 0 Å². The van der Waals surface area contributed by atoms with Crippen molar-refractivity contribution in [3.63, 3.8) is 0 Å². The molecule has 0 bridgehead atoms. The molecule has 6 nitrogen and oxygen atoms in total. The van der Waals surface area contributed by atoms with Crippen LogP contribution in [0.3, 0.4) is 0 Å². The van der Waals surface area contributed by atoms with Crippen LogP contribution in [0.4, 0.5) is 4.39 Å². The fourth-order valence-electron chi connectivity index (χ4n) is 2.38. The molecule has 1 aliphatic carbocycles. The maximum Gasteiger partial charge on any atom is 0.201 e. The number of ketones is 2. The summed E-state index contributed by atoms with van der Waals surface area (Å²) in [4.78, 5) is 24.7. The van der Waals surface area contributed by atoms with Gasteiger partial charge in [0.15, 0.2) is 27.2 Å². The first kappa shape index (κ1) is 19.1. The van der Waals surface area contributed by atoms with Crippen LogP contribution < -0.4 is 4.74 Å². The van der Waals surface area contributed by atoms with Gasteiger partial charge in [-0.2, -0.15) is 0 Å². The predicted molar refractivity (Wildman–Crippen MR) is 87.8 cm³/mol. The van der Waals surface area contributed by atoms with E-state index in [4.69, 9.17) is 9.47 Å². The number of allylic oxidation sites excluding steroid dienone is 1. The van der Waals surface area contributed by atoms with Gasteiger partial charge in [0.2, 0.25) is 5.78 Å². The van der Waals surface area contributed by atoms with Crippen molar-refractivity contribution in [2.75, 3.05) is 20.0 Å². The molecule has 8 heteroatoms. The molecule has 2 rings (SSSR count). The third kappa shape index (κ3) is 4.07. The second-order valence-corrected chi connectivity index (χ2v) is 7.64. The lowest BCUT2D eigenvalue weighted by Crippen LogP contribution is -2.19. The average Bonchev–Trinajstić information content (AvgIpc) is 3.38. The molecule has 1 fully saturated rings. The lowest BCUT2D eigenvalue weighted by molar-refractivity contribution is -0.116. The summed E-state index contributed by atoms with van der Waals surface area (Å²) in [6.45, 7) is 1.92. The van der Waals surface area contributed by atoms with Crippen LogP contribution in [0.25, 0.3) is 0 Å². The van der Waals surface area contributed by atoms with Crippen LogP contribution in [0.5, 0.6) is 5.75 Å². The number of benzene rings is 1. The molecule has 0 amide bonds. The monoisotopic (exact) mass is 370 g/mol. The number of halogens is 1. The molecule has 0 unspecified atom stereocenters. The van der Waals surface area contributed by atoms with E-state index in [0.29, 0.717) is 12.8 Å². The van der Waals surface area contributed by atoms with E-state index in [1.807, 2.05) is 0 Å². The van der Waals surface area contributed by atoms with Gasteiger partial charge in [0.25, 0.3) is 0 Å². The van der Waals surface area contributed by atoms with Crippen molar-refractivity contribution in [1.29, 1.82) is 0 Å². The minimum Gasteiger partial charge on any atom is -0.501 e. The van der Waals surface area contributed by atoms with Gasteiger partial charge in [0, 0.05) is 17.7 Å². The molecule has 1 aromatic rings. The summed E-state index contributed by atoms with van der Waals surface area (Å²) in [5, 5.41) is 0. The van der Waals surface area contributed by atoms with Crippen molar-refractivity contribution in [3.8, 4) is 5.75 Å². The second kappa shape index (κ2) is 7.35. The number of carbonyl (C=O) groups is 2. The fraction of sp³-hybridized carbons (Fsp3) is 0.412. The SMILES string of the molecule is CCO/C=C(\C(=O)c1ccc(F)c(OC)c1S(C)(=O)=O)C(=O)C1CC1. The fourth-order valence-corrected chi connectivity index (χ4v) is 3.45. The van der Waals surface area contributed by atoms with Gasteiger partial charge in [0.1, 0.15) is 10.5 Å². The smallest absolute Gasteiger partial charge is 0.201 e. The summed E-state index contributed by atoms with van der Waals surface area (Å²) in [5.74, 6) is -2.96. The number of sulfone groups is 1. The molecule has 0 N–H and O–H groups in total. The molecule has 136 valence electrons.